The molecule has 7 nitrogen and oxygen atoms in total. The zero-order valence-electron chi connectivity index (χ0n) is 10.9. The molecule has 1 amide bonds. The van der Waals surface area contributed by atoms with E-state index in [1.807, 2.05) is 0 Å². The van der Waals surface area contributed by atoms with Gasteiger partial charge in [-0.25, -0.2) is 0 Å². The molecule has 0 spiro atoms. The van der Waals surface area contributed by atoms with E-state index in [1.165, 1.54) is 18.9 Å². The number of anilines is 1. The molecule has 0 aliphatic carbocycles. The Hall–Kier alpha value is -2.57. The molecule has 1 saturated heterocycles. The molecule has 2 rings (SSSR count). The molecule has 1 aromatic carbocycles. The fourth-order valence-electron chi connectivity index (χ4n) is 1.93. The molecule has 1 heterocycles. The highest BCUT2D eigenvalue weighted by Crippen LogP contribution is 2.31. The summed E-state index contributed by atoms with van der Waals surface area (Å²) in [6.07, 6.45) is -2.04. The molecular weight excluding hydrogens is 266 g/mol. The van der Waals surface area contributed by atoms with Gasteiger partial charge in [0.1, 0.15) is 5.75 Å². The molecule has 2 atom stereocenters. The lowest BCUT2D eigenvalue weighted by molar-refractivity contribution is -0.177. The number of β-lactam (4-membered cyclic amide) rings is 1. The van der Waals surface area contributed by atoms with Gasteiger partial charge in [0.2, 0.25) is 12.3 Å². The van der Waals surface area contributed by atoms with E-state index in [9.17, 15) is 14.4 Å². The van der Waals surface area contributed by atoms with Crippen molar-refractivity contribution in [3.05, 3.63) is 24.3 Å². The topological polar surface area (TPSA) is 82.1 Å². The standard InChI is InChI=1S/C13H13NO6/c1-8(16)20-11-12(17)14(13(11)19-7-15)9-3-5-10(18-2)6-4-9/h3-7,11,13H,1-2H3/t11-,13-/m1/s1. The summed E-state index contributed by atoms with van der Waals surface area (Å²) in [7, 11) is 1.53. The van der Waals surface area contributed by atoms with Gasteiger partial charge in [0.25, 0.3) is 12.4 Å². The van der Waals surface area contributed by atoms with Crippen LogP contribution in [0, 0.1) is 0 Å². The molecule has 1 fully saturated rings. The molecule has 0 unspecified atom stereocenters. The van der Waals surface area contributed by atoms with E-state index >= 15 is 0 Å². The minimum absolute atomic E-state index is 0.212. The summed E-state index contributed by atoms with van der Waals surface area (Å²) in [5, 5.41) is 0. The van der Waals surface area contributed by atoms with Gasteiger partial charge in [0, 0.05) is 12.6 Å². The lowest BCUT2D eigenvalue weighted by atomic mass is 10.1. The van der Waals surface area contributed by atoms with Crippen LogP contribution in [0.2, 0.25) is 0 Å². The third-order valence-corrected chi connectivity index (χ3v) is 2.83. The van der Waals surface area contributed by atoms with Crippen LogP contribution in [0.25, 0.3) is 0 Å². The molecule has 1 aromatic rings. The number of carbonyl (C=O) groups is 3. The predicted octanol–water partition coefficient (Wildman–Crippen LogP) is 0.473. The van der Waals surface area contributed by atoms with Gasteiger partial charge >= 0.3 is 5.97 Å². The lowest BCUT2D eigenvalue weighted by Crippen LogP contribution is -2.67. The van der Waals surface area contributed by atoms with Gasteiger partial charge in [-0.3, -0.25) is 19.3 Å². The first kappa shape index (κ1) is 13.9. The number of benzene rings is 1. The Bertz CT molecular complexity index is 526. The molecule has 0 aromatic heterocycles. The second-order valence-electron chi connectivity index (χ2n) is 4.06. The summed E-state index contributed by atoms with van der Waals surface area (Å²) in [5.74, 6) is -0.430. The van der Waals surface area contributed by atoms with Crippen LogP contribution in [0.4, 0.5) is 5.69 Å². The smallest absolute Gasteiger partial charge is 0.303 e. The van der Waals surface area contributed by atoms with E-state index in [0.29, 0.717) is 11.4 Å². The van der Waals surface area contributed by atoms with E-state index in [4.69, 9.17) is 14.2 Å². The Morgan fingerprint density at radius 3 is 2.45 bits per heavy atom. The molecule has 1 aliphatic rings. The summed E-state index contributed by atoms with van der Waals surface area (Å²) in [5.41, 5.74) is 0.519. The average Bonchev–Trinajstić information content (AvgIpc) is 2.45. The number of rotatable bonds is 5. The number of nitrogens with zero attached hydrogens (tertiary/aromatic N) is 1. The van der Waals surface area contributed by atoms with E-state index in [2.05, 4.69) is 0 Å². The van der Waals surface area contributed by atoms with Crippen LogP contribution in [0.1, 0.15) is 6.92 Å². The van der Waals surface area contributed by atoms with Gasteiger partial charge in [0.15, 0.2) is 0 Å². The highest BCUT2D eigenvalue weighted by Gasteiger charge is 2.52. The fourth-order valence-corrected chi connectivity index (χ4v) is 1.93. The zero-order chi connectivity index (χ0) is 14.7. The third-order valence-electron chi connectivity index (χ3n) is 2.83. The van der Waals surface area contributed by atoms with Crippen molar-refractivity contribution in [1.29, 1.82) is 0 Å². The maximum atomic E-state index is 12.0. The van der Waals surface area contributed by atoms with E-state index < -0.39 is 24.2 Å². The number of ether oxygens (including phenoxy) is 3. The molecule has 7 heteroatoms. The van der Waals surface area contributed by atoms with Crippen molar-refractivity contribution >= 4 is 24.0 Å². The second kappa shape index (κ2) is 5.60. The Kier molecular flexibility index (Phi) is 3.88. The summed E-state index contributed by atoms with van der Waals surface area (Å²) >= 11 is 0. The van der Waals surface area contributed by atoms with Crippen molar-refractivity contribution in [2.75, 3.05) is 12.0 Å². The maximum absolute atomic E-state index is 12.0. The van der Waals surface area contributed by atoms with Crippen LogP contribution < -0.4 is 9.64 Å². The minimum atomic E-state index is -1.10. The van der Waals surface area contributed by atoms with Crippen LogP contribution >= 0.6 is 0 Å². The molecule has 20 heavy (non-hydrogen) atoms. The number of hydrogen-bond donors (Lipinski definition) is 0. The minimum Gasteiger partial charge on any atom is -0.497 e. The number of methoxy groups -OCH3 is 1. The molecule has 0 bridgehead atoms. The molecule has 0 saturated carbocycles. The summed E-state index contributed by atoms with van der Waals surface area (Å²) < 4.78 is 14.6. The number of esters is 1. The second-order valence-corrected chi connectivity index (χ2v) is 4.06. The van der Waals surface area contributed by atoms with Crippen molar-refractivity contribution in [3.8, 4) is 5.75 Å². The van der Waals surface area contributed by atoms with Gasteiger partial charge in [-0.05, 0) is 24.3 Å². The fraction of sp³-hybridized carbons (Fsp3) is 0.308. The monoisotopic (exact) mass is 279 g/mol. The normalized spacial score (nSPS) is 20.9. The van der Waals surface area contributed by atoms with Crippen LogP contribution in [-0.4, -0.2) is 37.8 Å². The lowest BCUT2D eigenvalue weighted by Gasteiger charge is -2.43. The highest BCUT2D eigenvalue weighted by atomic mass is 16.6. The average molecular weight is 279 g/mol. The van der Waals surface area contributed by atoms with Crippen molar-refractivity contribution in [2.45, 2.75) is 19.3 Å². The third kappa shape index (κ3) is 2.42. The predicted molar refractivity (Wildman–Crippen MR) is 67.0 cm³/mol. The van der Waals surface area contributed by atoms with E-state index in [-0.39, 0.29) is 6.47 Å². The summed E-state index contributed by atoms with van der Waals surface area (Å²) in [6.45, 7) is 1.39. The van der Waals surface area contributed by atoms with Crippen LogP contribution in [0.5, 0.6) is 5.75 Å². The van der Waals surface area contributed by atoms with Crippen LogP contribution in [0.3, 0.4) is 0 Å². The molecule has 0 N–H and O–H groups in total. The summed E-state index contributed by atoms with van der Waals surface area (Å²) in [6, 6.07) is 6.61. The van der Waals surface area contributed by atoms with Gasteiger partial charge in [-0.15, -0.1) is 0 Å². The zero-order valence-corrected chi connectivity index (χ0v) is 10.9. The largest absolute Gasteiger partial charge is 0.497 e. The Morgan fingerprint density at radius 2 is 1.95 bits per heavy atom. The van der Waals surface area contributed by atoms with E-state index in [0.717, 1.165) is 0 Å². The van der Waals surface area contributed by atoms with E-state index in [1.54, 1.807) is 24.3 Å². The Labute approximate surface area is 115 Å². The SMILES string of the molecule is COc1ccc(N2C(=O)[C@@H](OC(C)=O)[C@H]2OC=O)cc1. The Balaban J connectivity index is 2.19. The molecule has 106 valence electrons. The highest BCUT2D eigenvalue weighted by molar-refractivity contribution is 6.05. The van der Waals surface area contributed by atoms with Gasteiger partial charge < -0.3 is 14.2 Å². The first-order valence-electron chi connectivity index (χ1n) is 5.82. The van der Waals surface area contributed by atoms with Crippen molar-refractivity contribution in [1.82, 2.24) is 0 Å². The van der Waals surface area contributed by atoms with Crippen LogP contribution in [-0.2, 0) is 23.9 Å². The first-order valence-corrected chi connectivity index (χ1v) is 5.82. The molecular formula is C13H13NO6. The van der Waals surface area contributed by atoms with Gasteiger partial charge in [0.05, 0.1) is 7.11 Å². The maximum Gasteiger partial charge on any atom is 0.303 e. The quantitative estimate of drug-likeness (QED) is 0.443. The van der Waals surface area contributed by atoms with Crippen molar-refractivity contribution in [2.24, 2.45) is 0 Å². The van der Waals surface area contributed by atoms with Crippen molar-refractivity contribution < 1.29 is 28.6 Å². The van der Waals surface area contributed by atoms with Gasteiger partial charge in [-0.2, -0.15) is 0 Å². The first-order chi connectivity index (χ1) is 9.58. The number of carbonyl (C=O) groups excluding carboxylic acids is 3. The molecule has 1 aliphatic heterocycles. The number of hydrogen-bond acceptors (Lipinski definition) is 6. The van der Waals surface area contributed by atoms with Gasteiger partial charge in [-0.1, -0.05) is 0 Å². The van der Waals surface area contributed by atoms with Crippen molar-refractivity contribution in [3.63, 3.8) is 0 Å². The van der Waals surface area contributed by atoms with Crippen LogP contribution in [0.15, 0.2) is 24.3 Å². The Morgan fingerprint density at radius 1 is 1.30 bits per heavy atom. The molecule has 0 radical (unpaired) electrons. The number of amides is 1. The summed E-state index contributed by atoms with van der Waals surface area (Å²) in [4.78, 5) is 34.6.